The first-order chi connectivity index (χ1) is 12.9. The summed E-state index contributed by atoms with van der Waals surface area (Å²) >= 11 is 0. The number of amides is 1. The Bertz CT molecular complexity index is 853. The van der Waals surface area contributed by atoms with Crippen LogP contribution in [0.2, 0.25) is 0 Å². The van der Waals surface area contributed by atoms with E-state index in [1.54, 1.807) is 24.3 Å². The van der Waals surface area contributed by atoms with E-state index >= 15 is 0 Å². The number of aromatic amines is 1. The summed E-state index contributed by atoms with van der Waals surface area (Å²) in [4.78, 5) is 38.9. The molecule has 0 saturated carbocycles. The summed E-state index contributed by atoms with van der Waals surface area (Å²) < 4.78 is 5.49. The van der Waals surface area contributed by atoms with E-state index in [1.807, 2.05) is 26.8 Å². The Balaban J connectivity index is 1.83. The number of H-pyrrole nitrogens is 1. The molecule has 2 N–H and O–H groups in total. The second-order valence-electron chi connectivity index (χ2n) is 6.52. The lowest BCUT2D eigenvalue weighted by Gasteiger charge is -2.08. The molecule has 0 saturated heterocycles. The van der Waals surface area contributed by atoms with Crippen LogP contribution >= 0.6 is 0 Å². The van der Waals surface area contributed by atoms with Crippen molar-refractivity contribution in [2.24, 2.45) is 0 Å². The first-order valence-electron chi connectivity index (χ1n) is 9.13. The number of rotatable bonds is 9. The lowest BCUT2D eigenvalue weighted by atomic mass is 10.1. The summed E-state index contributed by atoms with van der Waals surface area (Å²) in [5.41, 5.74) is 2.50. The second kappa shape index (κ2) is 9.71. The van der Waals surface area contributed by atoms with E-state index in [1.165, 1.54) is 0 Å². The number of carbonyl (C=O) groups excluding carboxylic acids is 2. The summed E-state index contributed by atoms with van der Waals surface area (Å²) in [6.45, 7) is 6.46. The summed E-state index contributed by atoms with van der Waals surface area (Å²) in [5, 5.41) is 2.71. The fourth-order valence-corrected chi connectivity index (χ4v) is 2.70. The average Bonchev–Trinajstić information content (AvgIpc) is 2.64. The maximum absolute atomic E-state index is 12.2. The molecule has 2 aromatic rings. The molecule has 1 amide bonds. The van der Waals surface area contributed by atoms with Gasteiger partial charge in [0.1, 0.15) is 5.75 Å². The number of Topliss-reactive ketones (excluding diaryl/α,β-unsaturated/α-hetero) is 1. The maximum Gasteiger partial charge on any atom is 0.253 e. The van der Waals surface area contributed by atoms with E-state index in [-0.39, 0.29) is 36.6 Å². The van der Waals surface area contributed by atoms with E-state index < -0.39 is 0 Å². The number of pyridine rings is 1. The molecule has 1 aromatic heterocycles. The van der Waals surface area contributed by atoms with Crippen molar-refractivity contribution < 1.29 is 14.3 Å². The highest BCUT2D eigenvalue weighted by molar-refractivity contribution is 5.98. The molecule has 0 fully saturated rings. The van der Waals surface area contributed by atoms with Gasteiger partial charge in [-0.1, -0.05) is 6.92 Å². The Labute approximate surface area is 159 Å². The molecule has 6 nitrogen and oxygen atoms in total. The van der Waals surface area contributed by atoms with Gasteiger partial charge in [-0.2, -0.15) is 0 Å². The van der Waals surface area contributed by atoms with Crippen LogP contribution in [0.3, 0.4) is 0 Å². The molecule has 0 unspecified atom stereocenters. The van der Waals surface area contributed by atoms with Crippen molar-refractivity contribution in [2.75, 3.05) is 6.61 Å². The molecule has 0 aliphatic carbocycles. The first kappa shape index (κ1) is 20.4. The number of aromatic nitrogens is 1. The Morgan fingerprint density at radius 3 is 2.44 bits per heavy atom. The van der Waals surface area contributed by atoms with Crippen molar-refractivity contribution >= 4 is 11.7 Å². The molecular formula is C21H26N2O4. The molecule has 0 bridgehead atoms. The van der Waals surface area contributed by atoms with Crippen molar-refractivity contribution in [1.82, 2.24) is 10.3 Å². The molecule has 0 atom stereocenters. The number of ketones is 1. The van der Waals surface area contributed by atoms with Crippen molar-refractivity contribution in [3.8, 4) is 5.75 Å². The normalized spacial score (nSPS) is 10.5. The van der Waals surface area contributed by atoms with Crippen molar-refractivity contribution in [3.05, 3.63) is 63.1 Å². The zero-order valence-electron chi connectivity index (χ0n) is 16.1. The number of carbonyl (C=O) groups is 2. The van der Waals surface area contributed by atoms with Gasteiger partial charge >= 0.3 is 0 Å². The molecule has 0 aliphatic rings. The van der Waals surface area contributed by atoms with Crippen molar-refractivity contribution in [1.29, 1.82) is 0 Å². The molecule has 2 rings (SSSR count). The largest absolute Gasteiger partial charge is 0.494 e. The SMILES string of the molecule is CCCOc1ccc(C(=O)CCC(=O)NCc2c(C)cc(C)[nH]c2=O)cc1. The minimum Gasteiger partial charge on any atom is -0.494 e. The third kappa shape index (κ3) is 6.09. The maximum atomic E-state index is 12.2. The Morgan fingerprint density at radius 2 is 1.81 bits per heavy atom. The van der Waals surface area contributed by atoms with Gasteiger partial charge in [0, 0.05) is 36.2 Å². The van der Waals surface area contributed by atoms with Crippen molar-refractivity contribution in [2.45, 2.75) is 46.6 Å². The molecule has 1 heterocycles. The van der Waals surface area contributed by atoms with Crippen LogP contribution in [0, 0.1) is 13.8 Å². The second-order valence-corrected chi connectivity index (χ2v) is 6.52. The van der Waals surface area contributed by atoms with Crippen LogP contribution in [0.5, 0.6) is 5.75 Å². The van der Waals surface area contributed by atoms with Gasteiger partial charge in [-0.15, -0.1) is 0 Å². The van der Waals surface area contributed by atoms with Gasteiger partial charge in [-0.05, 0) is 56.2 Å². The highest BCUT2D eigenvalue weighted by atomic mass is 16.5. The van der Waals surface area contributed by atoms with Crippen LogP contribution < -0.4 is 15.6 Å². The number of hydrogen-bond donors (Lipinski definition) is 2. The first-order valence-corrected chi connectivity index (χ1v) is 9.13. The number of aryl methyl sites for hydroxylation is 2. The molecule has 144 valence electrons. The number of benzene rings is 1. The van der Waals surface area contributed by atoms with E-state index in [2.05, 4.69) is 10.3 Å². The minimum atomic E-state index is -0.259. The molecule has 0 radical (unpaired) electrons. The van der Waals surface area contributed by atoms with Crippen LogP contribution in [-0.2, 0) is 11.3 Å². The predicted molar refractivity (Wildman–Crippen MR) is 104 cm³/mol. The lowest BCUT2D eigenvalue weighted by Crippen LogP contribution is -2.28. The van der Waals surface area contributed by atoms with Crippen LogP contribution in [0.25, 0.3) is 0 Å². The monoisotopic (exact) mass is 370 g/mol. The molecule has 1 aromatic carbocycles. The third-order valence-corrected chi connectivity index (χ3v) is 4.18. The summed E-state index contributed by atoms with van der Waals surface area (Å²) in [6, 6.07) is 8.80. The van der Waals surface area contributed by atoms with E-state index in [9.17, 15) is 14.4 Å². The lowest BCUT2D eigenvalue weighted by molar-refractivity contribution is -0.121. The Hall–Kier alpha value is -2.89. The van der Waals surface area contributed by atoms with Crippen LogP contribution in [0.4, 0.5) is 0 Å². The van der Waals surface area contributed by atoms with E-state index in [4.69, 9.17) is 4.74 Å². The van der Waals surface area contributed by atoms with Crippen LogP contribution in [0.15, 0.2) is 35.1 Å². The average molecular weight is 370 g/mol. The zero-order chi connectivity index (χ0) is 19.8. The predicted octanol–water partition coefficient (Wildman–Crippen LogP) is 3.06. The number of nitrogens with one attached hydrogen (secondary N) is 2. The molecule has 6 heteroatoms. The Morgan fingerprint density at radius 1 is 1.11 bits per heavy atom. The van der Waals surface area contributed by atoms with Gasteiger partial charge in [0.05, 0.1) is 6.61 Å². The van der Waals surface area contributed by atoms with Gasteiger partial charge < -0.3 is 15.0 Å². The number of ether oxygens (including phenoxy) is 1. The minimum absolute atomic E-state index is 0.0791. The van der Waals surface area contributed by atoms with Crippen LogP contribution in [-0.4, -0.2) is 23.3 Å². The highest BCUT2D eigenvalue weighted by Gasteiger charge is 2.11. The molecule has 0 spiro atoms. The topological polar surface area (TPSA) is 88.3 Å². The van der Waals surface area contributed by atoms with Gasteiger partial charge in [-0.3, -0.25) is 14.4 Å². The van der Waals surface area contributed by atoms with Gasteiger partial charge in [0.15, 0.2) is 5.78 Å². The van der Waals surface area contributed by atoms with Gasteiger partial charge in [0.25, 0.3) is 5.56 Å². The highest BCUT2D eigenvalue weighted by Crippen LogP contribution is 2.14. The molecular weight excluding hydrogens is 344 g/mol. The molecule has 27 heavy (non-hydrogen) atoms. The standard InChI is InChI=1S/C21H26N2O4/c1-4-11-27-17-7-5-16(6-8-17)19(24)9-10-20(25)22-13-18-14(2)12-15(3)23-21(18)26/h5-8,12H,4,9-11,13H2,1-3H3,(H,22,25)(H,23,26). The fraction of sp³-hybridized carbons (Fsp3) is 0.381. The van der Waals surface area contributed by atoms with Crippen molar-refractivity contribution in [3.63, 3.8) is 0 Å². The summed E-state index contributed by atoms with van der Waals surface area (Å²) in [5.74, 6) is 0.368. The number of hydrogen-bond acceptors (Lipinski definition) is 4. The fourth-order valence-electron chi connectivity index (χ4n) is 2.70. The van der Waals surface area contributed by atoms with E-state index in [0.717, 1.165) is 23.4 Å². The smallest absolute Gasteiger partial charge is 0.253 e. The quantitative estimate of drug-likeness (QED) is 0.664. The third-order valence-electron chi connectivity index (χ3n) is 4.18. The van der Waals surface area contributed by atoms with Crippen LogP contribution in [0.1, 0.15) is 53.4 Å². The summed E-state index contributed by atoms with van der Waals surface area (Å²) in [6.07, 6.45) is 1.11. The Kier molecular flexibility index (Phi) is 7.34. The van der Waals surface area contributed by atoms with Gasteiger partial charge in [0.2, 0.25) is 5.91 Å². The zero-order valence-corrected chi connectivity index (χ0v) is 16.1. The summed E-state index contributed by atoms with van der Waals surface area (Å²) in [7, 11) is 0. The molecule has 0 aliphatic heterocycles. The van der Waals surface area contributed by atoms with Gasteiger partial charge in [-0.25, -0.2) is 0 Å². The van der Waals surface area contributed by atoms with E-state index in [0.29, 0.717) is 17.7 Å².